The number of carbonyl (C=O) groups excluding carboxylic acids is 1. The molecule has 1 aliphatic heterocycles. The van der Waals surface area contributed by atoms with Gasteiger partial charge < -0.3 is 10.6 Å². The van der Waals surface area contributed by atoms with Crippen LogP contribution < -0.4 is 10.6 Å². The van der Waals surface area contributed by atoms with E-state index < -0.39 is 0 Å². The fourth-order valence-corrected chi connectivity index (χ4v) is 3.33. The molecule has 0 spiro atoms. The summed E-state index contributed by atoms with van der Waals surface area (Å²) in [5.74, 6) is 0.341. The van der Waals surface area contributed by atoms with E-state index in [1.807, 2.05) is 73.8 Å². The highest BCUT2D eigenvalue weighted by Crippen LogP contribution is 2.25. The van der Waals surface area contributed by atoms with Crippen LogP contribution in [0.5, 0.6) is 0 Å². The molecule has 3 aromatic rings. The van der Waals surface area contributed by atoms with E-state index >= 15 is 0 Å². The van der Waals surface area contributed by atoms with Gasteiger partial charge in [0.05, 0.1) is 5.69 Å². The van der Waals surface area contributed by atoms with Crippen LogP contribution in [0.3, 0.4) is 0 Å². The molecule has 4 rings (SSSR count). The molecule has 6 heteroatoms. The summed E-state index contributed by atoms with van der Waals surface area (Å²) in [4.78, 5) is 25.9. The van der Waals surface area contributed by atoms with Crippen LogP contribution in [0.25, 0.3) is 5.57 Å². The van der Waals surface area contributed by atoms with E-state index in [1.165, 1.54) is 0 Å². The van der Waals surface area contributed by atoms with Gasteiger partial charge in [-0.1, -0.05) is 42.8 Å². The summed E-state index contributed by atoms with van der Waals surface area (Å²) < 4.78 is 0. The van der Waals surface area contributed by atoms with Crippen LogP contribution >= 0.6 is 0 Å². The fraction of sp³-hybridized carbons (Fsp3) is 0.154. The minimum absolute atomic E-state index is 0.147. The van der Waals surface area contributed by atoms with Crippen molar-refractivity contribution >= 4 is 35.0 Å². The highest BCUT2D eigenvalue weighted by molar-refractivity contribution is 6.04. The van der Waals surface area contributed by atoms with E-state index in [4.69, 9.17) is 0 Å². The van der Waals surface area contributed by atoms with Gasteiger partial charge >= 0.3 is 0 Å². The van der Waals surface area contributed by atoms with Gasteiger partial charge in [-0.05, 0) is 49.2 Å². The first-order valence-electron chi connectivity index (χ1n) is 10.6. The van der Waals surface area contributed by atoms with Gasteiger partial charge in [0, 0.05) is 47.5 Å². The Balaban J connectivity index is 1.56. The van der Waals surface area contributed by atoms with Crippen LogP contribution in [-0.2, 0) is 6.42 Å². The second-order valence-corrected chi connectivity index (χ2v) is 7.49. The van der Waals surface area contributed by atoms with Crippen LogP contribution in [0.2, 0.25) is 0 Å². The van der Waals surface area contributed by atoms with Crippen LogP contribution in [0.4, 0.5) is 17.3 Å². The van der Waals surface area contributed by atoms with Gasteiger partial charge in [0.15, 0.2) is 0 Å². The molecule has 160 valence electrons. The minimum atomic E-state index is -0.147. The third-order valence-electron chi connectivity index (χ3n) is 5.12. The van der Waals surface area contributed by atoms with Crippen molar-refractivity contribution in [1.29, 1.82) is 0 Å². The maximum Gasteiger partial charge on any atom is 0.255 e. The summed E-state index contributed by atoms with van der Waals surface area (Å²) >= 11 is 0. The lowest BCUT2D eigenvalue weighted by molar-refractivity contribution is 0.102. The first kappa shape index (κ1) is 21.2. The van der Waals surface area contributed by atoms with Gasteiger partial charge in [0.25, 0.3) is 5.91 Å². The van der Waals surface area contributed by atoms with Crippen LogP contribution in [-0.4, -0.2) is 22.1 Å². The lowest BCUT2D eigenvalue weighted by Crippen LogP contribution is -2.12. The third kappa shape index (κ3) is 5.16. The van der Waals surface area contributed by atoms with E-state index in [2.05, 4.69) is 32.5 Å². The first-order valence-corrected chi connectivity index (χ1v) is 10.6. The predicted molar refractivity (Wildman–Crippen MR) is 130 cm³/mol. The van der Waals surface area contributed by atoms with Crippen molar-refractivity contribution < 1.29 is 4.79 Å². The molecular formula is C26H25N5O. The molecule has 2 heterocycles. The lowest BCUT2D eigenvalue weighted by Gasteiger charge is -2.13. The van der Waals surface area contributed by atoms with E-state index in [0.717, 1.165) is 40.9 Å². The summed E-state index contributed by atoms with van der Waals surface area (Å²) in [7, 11) is 0. The van der Waals surface area contributed by atoms with Crippen LogP contribution in [0.15, 0.2) is 78.1 Å². The minimum Gasteiger partial charge on any atom is -0.324 e. The Morgan fingerprint density at radius 3 is 2.75 bits per heavy atom. The number of aromatic nitrogens is 2. The van der Waals surface area contributed by atoms with Gasteiger partial charge in [-0.3, -0.25) is 9.79 Å². The number of rotatable bonds is 6. The van der Waals surface area contributed by atoms with Crippen molar-refractivity contribution in [2.24, 2.45) is 4.99 Å². The molecule has 0 saturated carbocycles. The van der Waals surface area contributed by atoms with Gasteiger partial charge in [-0.25, -0.2) is 9.97 Å². The maximum absolute atomic E-state index is 12.6. The Kier molecular flexibility index (Phi) is 6.51. The normalized spacial score (nSPS) is 12.8. The molecule has 2 aromatic carbocycles. The highest BCUT2D eigenvalue weighted by Gasteiger charge is 2.10. The molecule has 0 fully saturated rings. The molecule has 6 nitrogen and oxygen atoms in total. The van der Waals surface area contributed by atoms with Crippen molar-refractivity contribution in [1.82, 2.24) is 9.97 Å². The fourth-order valence-electron chi connectivity index (χ4n) is 3.33. The summed E-state index contributed by atoms with van der Waals surface area (Å²) in [5, 5.41) is 6.29. The van der Waals surface area contributed by atoms with Crippen LogP contribution in [0, 0.1) is 6.92 Å². The predicted octanol–water partition coefficient (Wildman–Crippen LogP) is 5.71. The molecule has 0 radical (unpaired) electrons. The number of benzene rings is 2. The van der Waals surface area contributed by atoms with Crippen LogP contribution in [0.1, 0.15) is 40.5 Å². The number of aryl methyl sites for hydroxylation is 2. The Labute approximate surface area is 187 Å². The zero-order valence-electron chi connectivity index (χ0n) is 18.2. The topological polar surface area (TPSA) is 79.3 Å². The van der Waals surface area contributed by atoms with Gasteiger partial charge in [0.2, 0.25) is 5.95 Å². The van der Waals surface area contributed by atoms with E-state index in [1.54, 1.807) is 12.4 Å². The number of allylic oxidation sites excluding steroid dienone is 3. The quantitative estimate of drug-likeness (QED) is 0.532. The monoisotopic (exact) mass is 423 g/mol. The molecule has 0 bridgehead atoms. The molecule has 2 N–H and O–H groups in total. The summed E-state index contributed by atoms with van der Waals surface area (Å²) in [6.45, 7) is 4.08. The molecule has 0 aliphatic carbocycles. The zero-order chi connectivity index (χ0) is 22.3. The molecular weight excluding hydrogens is 398 g/mol. The zero-order valence-corrected chi connectivity index (χ0v) is 18.2. The number of aliphatic imine (C=N–C) groups is 1. The molecule has 0 saturated heterocycles. The standard InChI is InChI=1S/C26H25N5O/c1-3-19-11-12-22(29-25(32)20-9-7-18(2)8-10-20)16-24(19)31-26-28-15-13-23(30-26)21-6-4-5-14-27-17-21/h4,6-17H,3,5H2,1-2H3,(H,29,32)(H,28,30,31). The summed E-state index contributed by atoms with van der Waals surface area (Å²) in [5.41, 5.74) is 6.12. The third-order valence-corrected chi connectivity index (χ3v) is 5.12. The molecule has 1 aliphatic rings. The molecule has 1 aromatic heterocycles. The van der Waals surface area contributed by atoms with E-state index in [9.17, 15) is 4.79 Å². The molecule has 1 amide bonds. The number of hydrogen-bond acceptors (Lipinski definition) is 5. The SMILES string of the molecule is CCc1ccc(NC(=O)c2ccc(C)cc2)cc1Nc1nccc(C2=CN=CCC=C2)n1. The summed E-state index contributed by atoms with van der Waals surface area (Å²) in [6.07, 6.45) is 11.1. The molecule has 0 atom stereocenters. The average Bonchev–Trinajstić information content (AvgIpc) is 3.10. The number of hydrogen-bond donors (Lipinski definition) is 2. The lowest BCUT2D eigenvalue weighted by atomic mass is 10.1. The van der Waals surface area contributed by atoms with Crippen molar-refractivity contribution in [3.05, 3.63) is 95.5 Å². The van der Waals surface area contributed by atoms with Crippen molar-refractivity contribution in [3.8, 4) is 0 Å². The number of carbonyl (C=O) groups is 1. The van der Waals surface area contributed by atoms with Crippen molar-refractivity contribution in [2.75, 3.05) is 10.6 Å². The van der Waals surface area contributed by atoms with E-state index in [0.29, 0.717) is 17.2 Å². The van der Waals surface area contributed by atoms with Gasteiger partial charge in [-0.15, -0.1) is 0 Å². The highest BCUT2D eigenvalue weighted by atomic mass is 16.1. The number of anilines is 3. The largest absolute Gasteiger partial charge is 0.324 e. The number of nitrogens with one attached hydrogen (secondary N) is 2. The smallest absolute Gasteiger partial charge is 0.255 e. The second-order valence-electron chi connectivity index (χ2n) is 7.49. The first-order chi connectivity index (χ1) is 15.6. The van der Waals surface area contributed by atoms with Crippen molar-refractivity contribution in [3.63, 3.8) is 0 Å². The molecule has 32 heavy (non-hydrogen) atoms. The Hall–Kier alpha value is -4.06. The van der Waals surface area contributed by atoms with Gasteiger partial charge in [-0.2, -0.15) is 0 Å². The van der Waals surface area contributed by atoms with E-state index in [-0.39, 0.29) is 5.91 Å². The Bertz CT molecular complexity index is 1210. The van der Waals surface area contributed by atoms with Gasteiger partial charge in [0.1, 0.15) is 0 Å². The maximum atomic E-state index is 12.6. The average molecular weight is 424 g/mol. The Morgan fingerprint density at radius 2 is 1.94 bits per heavy atom. The number of amides is 1. The van der Waals surface area contributed by atoms with Crippen molar-refractivity contribution in [2.45, 2.75) is 26.7 Å². The second kappa shape index (κ2) is 9.83. The number of nitrogens with zero attached hydrogens (tertiary/aromatic N) is 3. The Morgan fingerprint density at radius 1 is 1.09 bits per heavy atom. The molecule has 0 unspecified atom stereocenters. The summed E-state index contributed by atoms with van der Waals surface area (Å²) in [6, 6.07) is 15.2.